The Hall–Kier alpha value is -2.62. The van der Waals surface area contributed by atoms with E-state index in [0.717, 1.165) is 96.3 Å². The molecule has 0 aromatic rings. The average Bonchev–Trinajstić information content (AvgIpc) is 3.53. The Labute approximate surface area is 330 Å². The molecular weight excluding hydrogens is 665 g/mol. The van der Waals surface area contributed by atoms with Gasteiger partial charge in [-0.2, -0.15) is 0 Å². The highest BCUT2D eigenvalue weighted by molar-refractivity contribution is 5.76. The van der Waals surface area contributed by atoms with E-state index in [4.69, 9.17) is 4.74 Å². The van der Waals surface area contributed by atoms with E-state index in [1.54, 1.807) is 0 Å². The quantitative estimate of drug-likeness (QED) is 0.0972. The van der Waals surface area contributed by atoms with Gasteiger partial charge in [-0.1, -0.05) is 114 Å². The lowest BCUT2D eigenvalue weighted by Crippen LogP contribution is -2.67. The van der Waals surface area contributed by atoms with Gasteiger partial charge >= 0.3 is 11.9 Å². The molecule has 0 unspecified atom stereocenters. The second kappa shape index (κ2) is 17.7. The Bertz CT molecular complexity index is 1480. The van der Waals surface area contributed by atoms with E-state index in [1.165, 1.54) is 18.4 Å². The third kappa shape index (κ3) is 8.11. The van der Waals surface area contributed by atoms with Crippen LogP contribution in [0.4, 0.5) is 0 Å². The van der Waals surface area contributed by atoms with Crippen LogP contribution in [0.2, 0.25) is 0 Å². The Kier molecular flexibility index (Phi) is 13.9. The number of ether oxygens (including phenoxy) is 1. The van der Waals surface area contributed by atoms with Crippen LogP contribution in [0.5, 0.6) is 0 Å². The molecule has 5 rings (SSSR count). The molecule has 4 nitrogen and oxygen atoms in total. The second-order valence-corrected chi connectivity index (χ2v) is 19.6. The predicted molar refractivity (Wildman–Crippen MR) is 225 cm³/mol. The van der Waals surface area contributed by atoms with Gasteiger partial charge in [0.15, 0.2) is 0 Å². The number of aliphatic carboxylic acids is 1. The monoisotopic (exact) mass is 741 g/mol. The number of hydrogen-bond acceptors (Lipinski definition) is 3. The van der Waals surface area contributed by atoms with Crippen LogP contribution in [-0.2, 0) is 14.3 Å². The van der Waals surface area contributed by atoms with Crippen molar-refractivity contribution in [3.63, 3.8) is 0 Å². The van der Waals surface area contributed by atoms with Gasteiger partial charge in [-0.15, -0.1) is 0 Å². The highest BCUT2D eigenvalue weighted by atomic mass is 16.5. The minimum absolute atomic E-state index is 0.0336. The molecule has 4 heteroatoms. The lowest BCUT2D eigenvalue weighted by molar-refractivity contribution is -0.250. The van der Waals surface area contributed by atoms with Gasteiger partial charge in [0.2, 0.25) is 0 Å². The van der Waals surface area contributed by atoms with Crippen molar-refractivity contribution in [2.45, 2.75) is 170 Å². The zero-order chi connectivity index (χ0) is 39.2. The largest absolute Gasteiger partial charge is 0.481 e. The van der Waals surface area contributed by atoms with E-state index in [9.17, 15) is 14.7 Å². The van der Waals surface area contributed by atoms with Crippen molar-refractivity contribution in [1.82, 2.24) is 0 Å². The Balaban J connectivity index is 1.10. The molecule has 0 heterocycles. The molecule has 5 aliphatic carbocycles. The maximum absolute atomic E-state index is 13.2. The lowest BCUT2D eigenvalue weighted by Gasteiger charge is -2.72. The maximum atomic E-state index is 13.2. The van der Waals surface area contributed by atoms with Crippen LogP contribution in [-0.4, -0.2) is 23.1 Å². The number of rotatable bonds is 16. The highest BCUT2D eigenvalue weighted by Gasteiger charge is 2.72. The first-order valence-corrected chi connectivity index (χ1v) is 22.0. The van der Waals surface area contributed by atoms with Crippen LogP contribution >= 0.6 is 0 Å². The van der Waals surface area contributed by atoms with Gasteiger partial charge < -0.3 is 9.84 Å². The molecule has 0 radical (unpaired) electrons. The summed E-state index contributed by atoms with van der Waals surface area (Å²) in [5, 5.41) is 10.7. The summed E-state index contributed by atoms with van der Waals surface area (Å²) in [5.74, 6) is 1.50. The normalized spacial score (nSPS) is 38.9. The number of carbonyl (C=O) groups excluding carboxylic acids is 1. The van der Waals surface area contributed by atoms with Gasteiger partial charge in [0, 0.05) is 11.8 Å². The number of hydrogen-bond donors (Lipinski definition) is 1. The number of carbonyl (C=O) groups is 2. The van der Waals surface area contributed by atoms with Crippen molar-refractivity contribution in [3.8, 4) is 0 Å². The number of allylic oxidation sites excluding steroid dienone is 11. The fourth-order valence-corrected chi connectivity index (χ4v) is 13.6. The maximum Gasteiger partial charge on any atom is 0.309 e. The summed E-state index contributed by atoms with van der Waals surface area (Å²) in [6.07, 6.45) is 39.7. The summed E-state index contributed by atoms with van der Waals surface area (Å²) in [6.45, 7) is 21.3. The van der Waals surface area contributed by atoms with Gasteiger partial charge in [0.05, 0.1) is 5.41 Å². The van der Waals surface area contributed by atoms with Crippen molar-refractivity contribution in [1.29, 1.82) is 0 Å². The summed E-state index contributed by atoms with van der Waals surface area (Å²) in [7, 11) is 0. The summed E-state index contributed by atoms with van der Waals surface area (Å²) >= 11 is 0. The van der Waals surface area contributed by atoms with E-state index < -0.39 is 11.4 Å². The molecule has 0 saturated heterocycles. The van der Waals surface area contributed by atoms with Gasteiger partial charge in [-0.3, -0.25) is 9.59 Å². The minimum atomic E-state index is -0.573. The molecule has 0 spiro atoms. The highest BCUT2D eigenvalue weighted by Crippen LogP contribution is 2.77. The molecule has 300 valence electrons. The summed E-state index contributed by atoms with van der Waals surface area (Å²) in [4.78, 5) is 26.2. The van der Waals surface area contributed by atoms with Gasteiger partial charge in [0.25, 0.3) is 0 Å². The van der Waals surface area contributed by atoms with Crippen LogP contribution in [0.25, 0.3) is 0 Å². The summed E-state index contributed by atoms with van der Waals surface area (Å²) < 4.78 is 6.36. The third-order valence-electron chi connectivity index (χ3n) is 16.6. The number of carboxylic acids is 1. The minimum Gasteiger partial charge on any atom is -0.481 e. The summed E-state index contributed by atoms with van der Waals surface area (Å²) in [5.41, 5.74) is 1.04. The smallest absolute Gasteiger partial charge is 0.309 e. The second-order valence-electron chi connectivity index (χ2n) is 19.6. The van der Waals surface area contributed by atoms with Gasteiger partial charge in [0.1, 0.15) is 6.10 Å². The molecule has 5 aliphatic rings. The molecule has 0 aromatic carbocycles. The lowest BCUT2D eigenvalue weighted by atomic mass is 9.32. The van der Waals surface area contributed by atoms with Gasteiger partial charge in [-0.05, 0) is 162 Å². The Morgan fingerprint density at radius 1 is 0.704 bits per heavy atom. The van der Waals surface area contributed by atoms with Crippen LogP contribution in [0.15, 0.2) is 72.9 Å². The van der Waals surface area contributed by atoms with E-state index in [-0.39, 0.29) is 39.7 Å². The van der Waals surface area contributed by atoms with E-state index in [1.807, 2.05) is 0 Å². The molecule has 0 amide bonds. The fraction of sp³-hybridized carbons (Fsp3) is 0.720. The molecule has 0 aliphatic heterocycles. The molecule has 1 N–H and O–H groups in total. The third-order valence-corrected chi connectivity index (χ3v) is 16.6. The first-order chi connectivity index (χ1) is 25.7. The van der Waals surface area contributed by atoms with E-state index in [0.29, 0.717) is 30.1 Å². The van der Waals surface area contributed by atoms with Crippen LogP contribution < -0.4 is 0 Å². The van der Waals surface area contributed by atoms with E-state index >= 15 is 0 Å². The molecule has 54 heavy (non-hydrogen) atoms. The Morgan fingerprint density at radius 2 is 1.31 bits per heavy atom. The number of fused-ring (bicyclic) bond motifs is 7. The van der Waals surface area contributed by atoms with Crippen molar-refractivity contribution in [3.05, 3.63) is 72.9 Å². The first kappa shape index (κ1) is 42.5. The molecule has 0 aromatic heterocycles. The SMILES string of the molecule is C=C(C)[C@@H]1CC[C@]2(C(=O)O)CC[C@]3(C)[C@H](CC[C@@H]4[C@@]5(C)CC[C@H](OC(=O)CCC/C=C\C/C=C\C/C=C\C/C=C\C/C=C\CC)C(C)(C)[C@@H]5CC[C@]43C)[C@@H]12. The van der Waals surface area contributed by atoms with E-state index in [2.05, 4.69) is 116 Å². The summed E-state index contributed by atoms with van der Waals surface area (Å²) in [6, 6.07) is 0. The number of esters is 1. The van der Waals surface area contributed by atoms with Crippen LogP contribution in [0.3, 0.4) is 0 Å². The number of unbranched alkanes of at least 4 members (excludes halogenated alkanes) is 1. The van der Waals surface area contributed by atoms with Crippen LogP contribution in [0.1, 0.15) is 164 Å². The molecule has 5 fully saturated rings. The average molecular weight is 741 g/mol. The standard InChI is InChI=1S/C50H76O4/c1-9-10-11-12-13-14-15-16-17-18-19-20-21-22-23-24-25-26-43(51)54-42-31-32-47(6)40(46(42,4)5)30-33-49(8)41(47)28-27-39-44-38(37(2)3)29-34-50(44,45(52)53)36-35-48(39,49)7/h10-11,13-14,16-17,19-20,22-23,38-42,44H,2,9,12,15,18,21,24-36H2,1,3-8H3,(H,52,53)/b11-10-,14-13-,17-16-,20-19-,23-22-/t38-,39+,40-,41+,42-,44+,47-,48+,49+,50-/m0/s1. The van der Waals surface area contributed by atoms with Crippen molar-refractivity contribution < 1.29 is 19.4 Å². The Morgan fingerprint density at radius 3 is 1.91 bits per heavy atom. The van der Waals surface area contributed by atoms with Gasteiger partial charge in [-0.25, -0.2) is 0 Å². The topological polar surface area (TPSA) is 63.6 Å². The first-order valence-electron chi connectivity index (χ1n) is 22.0. The number of carboxylic acid groups (broad SMARTS) is 1. The van der Waals surface area contributed by atoms with Crippen molar-refractivity contribution in [2.75, 3.05) is 0 Å². The van der Waals surface area contributed by atoms with Crippen LogP contribution in [0, 0.1) is 56.7 Å². The molecular formula is C50H76O4. The molecule has 0 bridgehead atoms. The van der Waals surface area contributed by atoms with Crippen molar-refractivity contribution >= 4 is 11.9 Å². The predicted octanol–water partition coefficient (Wildman–Crippen LogP) is 13.6. The molecule has 10 atom stereocenters. The zero-order valence-corrected chi connectivity index (χ0v) is 35.3. The fourth-order valence-electron chi connectivity index (χ4n) is 13.6. The van der Waals surface area contributed by atoms with Crippen molar-refractivity contribution in [2.24, 2.45) is 56.7 Å². The molecule has 5 saturated carbocycles. The zero-order valence-electron chi connectivity index (χ0n) is 35.3.